The van der Waals surface area contributed by atoms with Gasteiger partial charge in [-0.1, -0.05) is 49.4 Å². The van der Waals surface area contributed by atoms with E-state index in [1.54, 1.807) is 6.92 Å². The summed E-state index contributed by atoms with van der Waals surface area (Å²) in [5.41, 5.74) is -0.0121. The Morgan fingerprint density at radius 1 is 1.26 bits per heavy atom. The van der Waals surface area contributed by atoms with Crippen LogP contribution in [0, 0.1) is 10.7 Å². The standard InChI is InChI=1S/C23H24Br2ClN3O4S2/c1-2-11-33-35(31,32)29-14-27-28(22(29)34)13-23(30,17-9-6-10-18(24)21(17)25)20(16-12-19(16)26)15-7-4-3-5-8-15/h3-10,14,16,19-20,30H,2,11-13H2,1H3. The van der Waals surface area contributed by atoms with Gasteiger partial charge in [0.15, 0.2) is 0 Å². The highest BCUT2D eigenvalue weighted by atomic mass is 79.9. The van der Waals surface area contributed by atoms with E-state index in [4.69, 9.17) is 28.0 Å². The van der Waals surface area contributed by atoms with Crippen molar-refractivity contribution in [3.05, 3.63) is 79.7 Å². The predicted octanol–water partition coefficient (Wildman–Crippen LogP) is 5.76. The molecule has 0 saturated heterocycles. The number of hydrogen-bond acceptors (Lipinski definition) is 6. The van der Waals surface area contributed by atoms with Crippen LogP contribution in [0.2, 0.25) is 0 Å². The highest BCUT2D eigenvalue weighted by Crippen LogP contribution is 2.56. The van der Waals surface area contributed by atoms with Crippen LogP contribution < -0.4 is 0 Å². The van der Waals surface area contributed by atoms with Gasteiger partial charge in [-0.2, -0.15) is 17.5 Å². The third kappa shape index (κ3) is 5.46. The number of nitrogens with zero attached hydrogens (tertiary/aromatic N) is 3. The van der Waals surface area contributed by atoms with Crippen LogP contribution in [-0.4, -0.2) is 39.3 Å². The lowest BCUT2D eigenvalue weighted by atomic mass is 9.74. The van der Waals surface area contributed by atoms with Crippen LogP contribution in [0.25, 0.3) is 0 Å². The second-order valence-electron chi connectivity index (χ2n) is 8.48. The normalized spacial score (nSPS) is 20.4. The van der Waals surface area contributed by atoms with Gasteiger partial charge in [-0.3, -0.25) is 4.18 Å². The number of benzene rings is 2. The third-order valence-electron chi connectivity index (χ3n) is 6.05. The van der Waals surface area contributed by atoms with E-state index in [0.29, 0.717) is 16.5 Å². The first-order chi connectivity index (χ1) is 16.6. The van der Waals surface area contributed by atoms with E-state index in [1.807, 2.05) is 48.5 Å². The van der Waals surface area contributed by atoms with Crippen molar-refractivity contribution in [1.29, 1.82) is 0 Å². The molecule has 0 amide bonds. The number of alkyl halides is 1. The summed E-state index contributed by atoms with van der Waals surface area (Å²) in [5, 5.41) is 16.7. The Kier molecular flexibility index (Phi) is 8.26. The summed E-state index contributed by atoms with van der Waals surface area (Å²) in [6.45, 7) is 1.73. The van der Waals surface area contributed by atoms with E-state index in [9.17, 15) is 13.5 Å². The molecule has 0 radical (unpaired) electrons. The summed E-state index contributed by atoms with van der Waals surface area (Å²) < 4.78 is 33.7. The molecule has 188 valence electrons. The van der Waals surface area contributed by atoms with Crippen LogP contribution in [0.5, 0.6) is 0 Å². The lowest BCUT2D eigenvalue weighted by Gasteiger charge is -2.38. The Balaban J connectivity index is 1.86. The SMILES string of the molecule is CCCOS(=O)(=O)n1cnn(CC(O)(c2cccc(Br)c2Br)C(c2ccccc2)C2CC2Cl)c1=S. The van der Waals surface area contributed by atoms with Crippen molar-refractivity contribution in [2.45, 2.75) is 43.2 Å². The van der Waals surface area contributed by atoms with Gasteiger partial charge in [0.25, 0.3) is 0 Å². The first-order valence-corrected chi connectivity index (χ1v) is 14.8. The van der Waals surface area contributed by atoms with E-state index in [0.717, 1.165) is 26.8 Å². The number of hydrogen-bond donors (Lipinski definition) is 1. The smallest absolute Gasteiger partial charge is 0.369 e. The van der Waals surface area contributed by atoms with Gasteiger partial charge in [-0.25, -0.2) is 4.68 Å². The Morgan fingerprint density at radius 2 is 1.94 bits per heavy atom. The zero-order valence-corrected chi connectivity index (χ0v) is 24.3. The van der Waals surface area contributed by atoms with E-state index in [-0.39, 0.29) is 29.2 Å². The lowest BCUT2D eigenvalue weighted by molar-refractivity contribution is -0.0212. The molecule has 1 aromatic heterocycles. The highest BCUT2D eigenvalue weighted by Gasteiger charge is 2.53. The topological polar surface area (TPSA) is 86.4 Å². The molecule has 12 heteroatoms. The second-order valence-corrected chi connectivity index (χ2v) is 12.5. The van der Waals surface area contributed by atoms with Crippen LogP contribution in [0.4, 0.5) is 0 Å². The number of aliphatic hydroxyl groups is 1. The van der Waals surface area contributed by atoms with Crippen LogP contribution in [0.1, 0.15) is 36.8 Å². The summed E-state index contributed by atoms with van der Waals surface area (Å²) in [6, 6.07) is 15.2. The van der Waals surface area contributed by atoms with Crippen molar-refractivity contribution in [1.82, 2.24) is 13.8 Å². The van der Waals surface area contributed by atoms with Crippen molar-refractivity contribution in [2.24, 2.45) is 5.92 Å². The number of halogens is 3. The van der Waals surface area contributed by atoms with Gasteiger partial charge in [0.05, 0.1) is 13.2 Å². The van der Waals surface area contributed by atoms with E-state index in [2.05, 4.69) is 37.0 Å². The minimum Gasteiger partial charge on any atom is -0.383 e. The fourth-order valence-electron chi connectivity index (χ4n) is 4.31. The van der Waals surface area contributed by atoms with Crippen molar-refractivity contribution < 1.29 is 17.7 Å². The fraction of sp³-hybridized carbons (Fsp3) is 0.391. The molecule has 1 fully saturated rings. The van der Waals surface area contributed by atoms with E-state index < -0.39 is 21.8 Å². The first-order valence-electron chi connectivity index (χ1n) is 11.0. The minimum absolute atomic E-state index is 0.00262. The summed E-state index contributed by atoms with van der Waals surface area (Å²) in [6.07, 6.45) is 2.37. The molecule has 35 heavy (non-hydrogen) atoms. The first kappa shape index (κ1) is 27.0. The van der Waals surface area contributed by atoms with Gasteiger partial charge >= 0.3 is 10.3 Å². The van der Waals surface area contributed by atoms with Gasteiger partial charge in [0.2, 0.25) is 4.77 Å². The summed E-state index contributed by atoms with van der Waals surface area (Å²) in [5.74, 6) is -0.403. The summed E-state index contributed by atoms with van der Waals surface area (Å²) >= 11 is 19.1. The molecule has 0 aliphatic heterocycles. The maximum atomic E-state index is 12.6. The molecule has 2 aromatic carbocycles. The van der Waals surface area contributed by atoms with Crippen LogP contribution >= 0.6 is 55.7 Å². The molecule has 1 aliphatic rings. The molecular weight excluding hydrogens is 642 g/mol. The molecule has 1 N–H and O–H groups in total. The molecule has 3 aromatic rings. The van der Waals surface area contributed by atoms with E-state index >= 15 is 0 Å². The Bertz CT molecular complexity index is 1370. The number of aromatic nitrogens is 3. The van der Waals surface area contributed by atoms with Crippen LogP contribution in [-0.2, 0) is 26.6 Å². The van der Waals surface area contributed by atoms with Crippen molar-refractivity contribution in [3.63, 3.8) is 0 Å². The molecule has 0 spiro atoms. The third-order valence-corrected chi connectivity index (χ3v) is 10.3. The quantitative estimate of drug-likeness (QED) is 0.219. The monoisotopic (exact) mass is 663 g/mol. The Labute approximate surface area is 231 Å². The molecular formula is C23H24Br2ClN3O4S2. The summed E-state index contributed by atoms with van der Waals surface area (Å²) in [4.78, 5) is 0. The molecule has 0 bridgehead atoms. The maximum absolute atomic E-state index is 12.6. The van der Waals surface area contributed by atoms with Crippen molar-refractivity contribution >= 4 is 66.0 Å². The van der Waals surface area contributed by atoms with Gasteiger partial charge in [-0.05, 0) is 74.5 Å². The van der Waals surface area contributed by atoms with Gasteiger partial charge in [0.1, 0.15) is 11.9 Å². The van der Waals surface area contributed by atoms with Crippen LogP contribution in [0.15, 0.2) is 63.8 Å². The lowest BCUT2D eigenvalue weighted by Crippen LogP contribution is -2.40. The molecule has 4 atom stereocenters. The average molecular weight is 666 g/mol. The zero-order valence-electron chi connectivity index (χ0n) is 18.7. The predicted molar refractivity (Wildman–Crippen MR) is 144 cm³/mol. The molecule has 4 rings (SSSR count). The van der Waals surface area contributed by atoms with Crippen molar-refractivity contribution in [2.75, 3.05) is 6.61 Å². The highest BCUT2D eigenvalue weighted by molar-refractivity contribution is 9.13. The van der Waals surface area contributed by atoms with Crippen molar-refractivity contribution in [3.8, 4) is 0 Å². The molecule has 4 unspecified atom stereocenters. The van der Waals surface area contributed by atoms with Gasteiger partial charge in [-0.15, -0.1) is 11.6 Å². The van der Waals surface area contributed by atoms with Gasteiger partial charge < -0.3 is 5.11 Å². The van der Waals surface area contributed by atoms with Gasteiger partial charge in [0, 0.05) is 25.8 Å². The molecule has 1 aliphatic carbocycles. The average Bonchev–Trinajstić information content (AvgIpc) is 3.42. The molecule has 7 nitrogen and oxygen atoms in total. The Hall–Kier alpha value is -1.08. The van der Waals surface area contributed by atoms with E-state index in [1.165, 1.54) is 4.68 Å². The largest absolute Gasteiger partial charge is 0.383 e. The maximum Gasteiger partial charge on any atom is 0.369 e. The molecule has 1 saturated carbocycles. The number of rotatable bonds is 10. The second kappa shape index (κ2) is 10.7. The Morgan fingerprint density at radius 3 is 2.57 bits per heavy atom. The summed E-state index contributed by atoms with van der Waals surface area (Å²) in [7, 11) is -4.14. The zero-order chi connectivity index (χ0) is 25.4. The minimum atomic E-state index is -4.14. The van der Waals surface area contributed by atoms with Crippen LogP contribution in [0.3, 0.4) is 0 Å². The molecule has 1 heterocycles. The fourth-order valence-corrected chi connectivity index (χ4v) is 7.00.